The molecule has 1 aliphatic rings. The van der Waals surface area contributed by atoms with Gasteiger partial charge in [-0.15, -0.1) is 23.7 Å². The summed E-state index contributed by atoms with van der Waals surface area (Å²) in [4.78, 5) is 5.67. The number of benzene rings is 1. The molecule has 0 fully saturated rings. The highest BCUT2D eigenvalue weighted by Gasteiger charge is 2.10. The molecule has 0 radical (unpaired) electrons. The van der Waals surface area contributed by atoms with Crippen LogP contribution in [-0.2, 0) is 0 Å². The molecule has 2 aromatic rings. The van der Waals surface area contributed by atoms with E-state index in [9.17, 15) is 0 Å². The fourth-order valence-electron chi connectivity index (χ4n) is 1.66. The Balaban J connectivity index is 0.000000853. The summed E-state index contributed by atoms with van der Waals surface area (Å²) in [5.41, 5.74) is 0. The summed E-state index contributed by atoms with van der Waals surface area (Å²) in [6, 6.07) is 10.6. The van der Waals surface area contributed by atoms with Gasteiger partial charge in [0.1, 0.15) is 5.84 Å². The Morgan fingerprint density at radius 2 is 2.13 bits per heavy atom. The van der Waals surface area contributed by atoms with Crippen molar-refractivity contribution in [1.29, 1.82) is 0 Å². The van der Waals surface area contributed by atoms with Gasteiger partial charge in [-0.2, -0.15) is 0 Å². The van der Waals surface area contributed by atoms with Crippen LogP contribution in [0.25, 0.3) is 10.1 Å². The molecule has 0 saturated heterocycles. The van der Waals surface area contributed by atoms with Gasteiger partial charge in [0.2, 0.25) is 0 Å². The second-order valence-corrected chi connectivity index (χ2v) is 4.39. The number of fused-ring (bicyclic) bond motifs is 1. The molecule has 2 nitrogen and oxygen atoms in total. The summed E-state index contributed by atoms with van der Waals surface area (Å²) in [6.45, 7) is 1.88. The van der Waals surface area contributed by atoms with Crippen LogP contribution in [0, 0.1) is 0 Å². The molecule has 0 amide bonds. The molecule has 1 aromatic carbocycles. The molecule has 0 aliphatic carbocycles. The van der Waals surface area contributed by atoms with Gasteiger partial charge in [-0.25, -0.2) is 0 Å². The van der Waals surface area contributed by atoms with Gasteiger partial charge in [0.25, 0.3) is 0 Å². The zero-order chi connectivity index (χ0) is 9.38. The van der Waals surface area contributed by atoms with Gasteiger partial charge in [0, 0.05) is 11.2 Å². The van der Waals surface area contributed by atoms with Crippen molar-refractivity contribution in [2.24, 2.45) is 4.99 Å². The molecular weight excluding hydrogens is 228 g/mol. The molecule has 78 valence electrons. The Labute approximate surface area is 98.4 Å². The summed E-state index contributed by atoms with van der Waals surface area (Å²) < 4.78 is 1.33. The van der Waals surface area contributed by atoms with E-state index in [1.807, 2.05) is 0 Å². The fraction of sp³-hybridized carbons (Fsp3) is 0.182. The van der Waals surface area contributed by atoms with E-state index in [1.54, 1.807) is 11.3 Å². The van der Waals surface area contributed by atoms with Crippen LogP contribution >= 0.6 is 23.7 Å². The van der Waals surface area contributed by atoms with Gasteiger partial charge < -0.3 is 5.32 Å². The average molecular weight is 239 g/mol. The number of thiophene rings is 1. The minimum Gasteiger partial charge on any atom is -0.367 e. The maximum Gasteiger partial charge on any atom is 0.138 e. The molecule has 2 heterocycles. The summed E-state index contributed by atoms with van der Waals surface area (Å²) in [5.74, 6) is 1.06. The van der Waals surface area contributed by atoms with E-state index in [-0.39, 0.29) is 12.4 Å². The third-order valence-corrected chi connectivity index (χ3v) is 3.46. The topological polar surface area (TPSA) is 24.4 Å². The lowest BCUT2D eigenvalue weighted by Crippen LogP contribution is -2.18. The van der Waals surface area contributed by atoms with Crippen LogP contribution < -0.4 is 5.32 Å². The van der Waals surface area contributed by atoms with Crippen LogP contribution in [0.5, 0.6) is 0 Å². The predicted molar refractivity (Wildman–Crippen MR) is 68.5 cm³/mol. The molecule has 0 saturated carbocycles. The minimum atomic E-state index is 0. The zero-order valence-corrected chi connectivity index (χ0v) is 9.70. The standard InChI is InChI=1S/C11H10N2S.ClH/c1-2-4-9-8(3-1)7-10(14-9)11-12-5-6-13-11;/h1-4,7H,5-6H2,(H,12,13);1H. The number of halogens is 1. The summed E-state index contributed by atoms with van der Waals surface area (Å²) >= 11 is 1.80. The number of amidine groups is 1. The van der Waals surface area contributed by atoms with E-state index < -0.39 is 0 Å². The Morgan fingerprint density at radius 1 is 1.27 bits per heavy atom. The SMILES string of the molecule is Cl.c1ccc2sc(C3=NCCN3)cc2c1. The highest BCUT2D eigenvalue weighted by atomic mass is 35.5. The number of rotatable bonds is 1. The van der Waals surface area contributed by atoms with Crippen molar-refractivity contribution < 1.29 is 0 Å². The smallest absolute Gasteiger partial charge is 0.138 e. The second kappa shape index (κ2) is 4.21. The first-order valence-electron chi connectivity index (χ1n) is 4.71. The summed E-state index contributed by atoms with van der Waals surface area (Å²) in [7, 11) is 0. The van der Waals surface area contributed by atoms with E-state index in [1.165, 1.54) is 15.0 Å². The van der Waals surface area contributed by atoms with Crippen molar-refractivity contribution in [3.63, 3.8) is 0 Å². The van der Waals surface area contributed by atoms with E-state index in [0.717, 1.165) is 18.9 Å². The lowest BCUT2D eigenvalue weighted by molar-refractivity contribution is 0.960. The molecular formula is C11H11ClN2S. The molecule has 0 spiro atoms. The second-order valence-electron chi connectivity index (χ2n) is 3.31. The minimum absolute atomic E-state index is 0. The summed E-state index contributed by atoms with van der Waals surface area (Å²) in [6.07, 6.45) is 0. The zero-order valence-electron chi connectivity index (χ0n) is 8.06. The van der Waals surface area contributed by atoms with Crippen molar-refractivity contribution in [2.75, 3.05) is 13.1 Å². The van der Waals surface area contributed by atoms with E-state index in [0.29, 0.717) is 0 Å². The Hall–Kier alpha value is -1.06. The number of nitrogens with one attached hydrogen (secondary N) is 1. The van der Waals surface area contributed by atoms with E-state index in [2.05, 4.69) is 40.6 Å². The number of aliphatic imine (C=N–C) groups is 1. The Morgan fingerprint density at radius 3 is 2.87 bits per heavy atom. The largest absolute Gasteiger partial charge is 0.367 e. The van der Waals surface area contributed by atoms with Crippen molar-refractivity contribution >= 4 is 39.7 Å². The van der Waals surface area contributed by atoms with Crippen LogP contribution in [0.15, 0.2) is 35.3 Å². The molecule has 0 unspecified atom stereocenters. The molecule has 3 rings (SSSR count). The quantitative estimate of drug-likeness (QED) is 0.812. The van der Waals surface area contributed by atoms with Crippen molar-refractivity contribution in [2.45, 2.75) is 0 Å². The van der Waals surface area contributed by atoms with E-state index >= 15 is 0 Å². The van der Waals surface area contributed by atoms with Gasteiger partial charge in [-0.3, -0.25) is 4.99 Å². The van der Waals surface area contributed by atoms with Crippen LogP contribution in [0.3, 0.4) is 0 Å². The van der Waals surface area contributed by atoms with Crippen LogP contribution in [0.1, 0.15) is 4.88 Å². The van der Waals surface area contributed by atoms with Gasteiger partial charge in [-0.1, -0.05) is 18.2 Å². The number of nitrogens with zero attached hydrogens (tertiary/aromatic N) is 1. The first-order valence-corrected chi connectivity index (χ1v) is 5.52. The number of hydrogen-bond acceptors (Lipinski definition) is 3. The van der Waals surface area contributed by atoms with Gasteiger partial charge in [-0.05, 0) is 17.5 Å². The average Bonchev–Trinajstić information content (AvgIpc) is 2.86. The molecule has 15 heavy (non-hydrogen) atoms. The van der Waals surface area contributed by atoms with Gasteiger partial charge in [0.05, 0.1) is 11.4 Å². The Bertz CT molecular complexity index is 471. The van der Waals surface area contributed by atoms with Gasteiger partial charge >= 0.3 is 0 Å². The monoisotopic (exact) mass is 238 g/mol. The normalized spacial score (nSPS) is 14.5. The van der Waals surface area contributed by atoms with Crippen LogP contribution in [0.4, 0.5) is 0 Å². The molecule has 0 bridgehead atoms. The molecule has 1 N–H and O–H groups in total. The van der Waals surface area contributed by atoms with Crippen LogP contribution in [0.2, 0.25) is 0 Å². The van der Waals surface area contributed by atoms with Gasteiger partial charge in [0.15, 0.2) is 0 Å². The number of hydrogen-bond donors (Lipinski definition) is 1. The van der Waals surface area contributed by atoms with Crippen molar-refractivity contribution in [1.82, 2.24) is 5.32 Å². The van der Waals surface area contributed by atoms with Crippen molar-refractivity contribution in [3.8, 4) is 0 Å². The van der Waals surface area contributed by atoms with E-state index in [4.69, 9.17) is 0 Å². The third-order valence-electron chi connectivity index (χ3n) is 2.33. The van der Waals surface area contributed by atoms with Crippen molar-refractivity contribution in [3.05, 3.63) is 35.2 Å². The first-order chi connectivity index (χ1) is 6.93. The maximum absolute atomic E-state index is 4.42. The highest BCUT2D eigenvalue weighted by Crippen LogP contribution is 2.25. The molecule has 4 heteroatoms. The maximum atomic E-state index is 4.42. The first kappa shape index (κ1) is 10.5. The van der Waals surface area contributed by atoms with Crippen LogP contribution in [-0.4, -0.2) is 18.9 Å². The molecule has 1 aromatic heterocycles. The lowest BCUT2D eigenvalue weighted by Gasteiger charge is -1.95. The molecule has 1 aliphatic heterocycles. The third kappa shape index (κ3) is 1.85. The summed E-state index contributed by atoms with van der Waals surface area (Å²) in [5, 5.41) is 4.60. The Kier molecular flexibility index (Phi) is 2.93. The highest BCUT2D eigenvalue weighted by molar-refractivity contribution is 7.20. The fourth-order valence-corrected chi connectivity index (χ4v) is 2.71. The predicted octanol–water partition coefficient (Wildman–Crippen LogP) is 2.67. The molecule has 0 atom stereocenters. The lowest BCUT2D eigenvalue weighted by atomic mass is 10.2.